The predicted molar refractivity (Wildman–Crippen MR) is 65.3 cm³/mol. The maximum Gasteiger partial charge on any atom is 0.0793 e. The molecule has 0 radical (unpaired) electrons. The molecule has 0 aromatic heterocycles. The summed E-state index contributed by atoms with van der Waals surface area (Å²) < 4.78 is 0. The molecule has 15 heavy (non-hydrogen) atoms. The van der Waals surface area contributed by atoms with E-state index in [1.807, 2.05) is 25.1 Å². The van der Waals surface area contributed by atoms with E-state index in [9.17, 15) is 5.11 Å². The highest BCUT2D eigenvalue weighted by Gasteiger charge is 2.11. The van der Waals surface area contributed by atoms with Gasteiger partial charge in [0.1, 0.15) is 0 Å². The van der Waals surface area contributed by atoms with Gasteiger partial charge in [0.05, 0.1) is 6.10 Å². The zero-order valence-corrected chi connectivity index (χ0v) is 10.2. The molecule has 1 N–H and O–H groups in total. The molecule has 0 bridgehead atoms. The number of aliphatic hydroxyl groups excluding tert-OH is 1. The van der Waals surface area contributed by atoms with E-state index in [1.165, 1.54) is 12.8 Å². The topological polar surface area (TPSA) is 20.2 Å². The van der Waals surface area contributed by atoms with Crippen LogP contribution in [0.25, 0.3) is 0 Å². The van der Waals surface area contributed by atoms with Crippen LogP contribution in [0, 0.1) is 6.92 Å². The normalized spacial score (nSPS) is 12.8. The highest BCUT2D eigenvalue weighted by molar-refractivity contribution is 6.31. The Hall–Kier alpha value is -0.530. The van der Waals surface area contributed by atoms with Gasteiger partial charge < -0.3 is 5.11 Å². The minimum atomic E-state index is -0.366. The summed E-state index contributed by atoms with van der Waals surface area (Å²) in [6.45, 7) is 4.12. The molecule has 1 atom stereocenters. The minimum absolute atomic E-state index is 0.366. The smallest absolute Gasteiger partial charge is 0.0793 e. The van der Waals surface area contributed by atoms with Gasteiger partial charge in [0.2, 0.25) is 0 Å². The van der Waals surface area contributed by atoms with E-state index in [4.69, 9.17) is 11.6 Å². The first-order valence-corrected chi connectivity index (χ1v) is 5.97. The molecule has 0 aliphatic heterocycles. The average molecular weight is 227 g/mol. The Morgan fingerprint density at radius 1 is 1.33 bits per heavy atom. The first-order chi connectivity index (χ1) is 7.16. The van der Waals surface area contributed by atoms with Crippen LogP contribution in [-0.2, 0) is 0 Å². The quantitative estimate of drug-likeness (QED) is 0.744. The molecule has 0 saturated carbocycles. The molecule has 0 aliphatic rings. The molecule has 0 heterocycles. The summed E-state index contributed by atoms with van der Waals surface area (Å²) >= 11 is 6.01. The van der Waals surface area contributed by atoms with Crippen molar-refractivity contribution >= 4 is 11.6 Å². The SMILES string of the molecule is CCCCCC(O)c1cccc(Cl)c1C. The number of halogens is 1. The fraction of sp³-hybridized carbons (Fsp3) is 0.538. The second-order valence-electron chi connectivity index (χ2n) is 3.97. The second kappa shape index (κ2) is 6.14. The molecule has 1 unspecified atom stereocenters. The second-order valence-corrected chi connectivity index (χ2v) is 4.37. The van der Waals surface area contributed by atoms with Crippen molar-refractivity contribution in [3.05, 3.63) is 34.3 Å². The van der Waals surface area contributed by atoms with Crippen molar-refractivity contribution in [2.45, 2.75) is 45.6 Å². The zero-order chi connectivity index (χ0) is 11.3. The van der Waals surface area contributed by atoms with Crippen LogP contribution in [0.15, 0.2) is 18.2 Å². The first-order valence-electron chi connectivity index (χ1n) is 5.60. The van der Waals surface area contributed by atoms with Gasteiger partial charge in [-0.2, -0.15) is 0 Å². The largest absolute Gasteiger partial charge is 0.388 e. The van der Waals surface area contributed by atoms with Crippen LogP contribution in [0.5, 0.6) is 0 Å². The molecule has 1 nitrogen and oxygen atoms in total. The lowest BCUT2D eigenvalue weighted by Crippen LogP contribution is -2.00. The Morgan fingerprint density at radius 2 is 2.07 bits per heavy atom. The van der Waals surface area contributed by atoms with E-state index in [-0.39, 0.29) is 6.10 Å². The minimum Gasteiger partial charge on any atom is -0.388 e. The van der Waals surface area contributed by atoms with E-state index in [0.717, 1.165) is 29.0 Å². The van der Waals surface area contributed by atoms with Crippen LogP contribution >= 0.6 is 11.6 Å². The molecule has 0 saturated heterocycles. The van der Waals surface area contributed by atoms with Crippen LogP contribution < -0.4 is 0 Å². The highest BCUT2D eigenvalue weighted by atomic mass is 35.5. The molecule has 0 aliphatic carbocycles. The van der Waals surface area contributed by atoms with Gasteiger partial charge in [-0.15, -0.1) is 0 Å². The molecule has 1 aromatic rings. The summed E-state index contributed by atoms with van der Waals surface area (Å²) in [6, 6.07) is 5.71. The van der Waals surface area contributed by atoms with Crippen LogP contribution in [0.2, 0.25) is 5.02 Å². The summed E-state index contributed by atoms with van der Waals surface area (Å²) in [7, 11) is 0. The third-order valence-electron chi connectivity index (χ3n) is 2.75. The standard InChI is InChI=1S/C13H19ClO/c1-3-4-5-9-13(15)11-7-6-8-12(14)10(11)2/h6-8,13,15H,3-5,9H2,1-2H3. The monoisotopic (exact) mass is 226 g/mol. The van der Waals surface area contributed by atoms with Crippen molar-refractivity contribution in [3.63, 3.8) is 0 Å². The summed E-state index contributed by atoms with van der Waals surface area (Å²) in [5, 5.41) is 10.7. The van der Waals surface area contributed by atoms with Crippen molar-refractivity contribution in [2.24, 2.45) is 0 Å². The van der Waals surface area contributed by atoms with Gasteiger partial charge in [0.15, 0.2) is 0 Å². The fourth-order valence-electron chi connectivity index (χ4n) is 1.73. The van der Waals surface area contributed by atoms with Crippen LogP contribution in [0.3, 0.4) is 0 Å². The van der Waals surface area contributed by atoms with Crippen LogP contribution in [0.1, 0.15) is 49.8 Å². The summed E-state index contributed by atoms with van der Waals surface area (Å²) in [6.07, 6.45) is 3.89. The van der Waals surface area contributed by atoms with E-state index in [0.29, 0.717) is 0 Å². The Balaban J connectivity index is 2.65. The number of aliphatic hydroxyl groups is 1. The third kappa shape index (κ3) is 3.51. The van der Waals surface area contributed by atoms with Crippen molar-refractivity contribution in [3.8, 4) is 0 Å². The van der Waals surface area contributed by atoms with Gasteiger partial charge in [-0.3, -0.25) is 0 Å². The van der Waals surface area contributed by atoms with Gasteiger partial charge >= 0.3 is 0 Å². The summed E-state index contributed by atoms with van der Waals surface area (Å²) in [5.41, 5.74) is 1.97. The first kappa shape index (κ1) is 12.5. The van der Waals surface area contributed by atoms with Gasteiger partial charge in [0, 0.05) is 5.02 Å². The van der Waals surface area contributed by atoms with Gasteiger partial charge in [-0.25, -0.2) is 0 Å². The molecule has 0 amide bonds. The van der Waals surface area contributed by atoms with Gasteiger partial charge in [-0.05, 0) is 30.5 Å². The lowest BCUT2D eigenvalue weighted by molar-refractivity contribution is 0.163. The molecular weight excluding hydrogens is 208 g/mol. The number of hydrogen-bond acceptors (Lipinski definition) is 1. The molecule has 0 fully saturated rings. The number of hydrogen-bond donors (Lipinski definition) is 1. The van der Waals surface area contributed by atoms with Crippen molar-refractivity contribution < 1.29 is 5.11 Å². The van der Waals surface area contributed by atoms with Gasteiger partial charge in [-0.1, -0.05) is 49.9 Å². The van der Waals surface area contributed by atoms with E-state index in [2.05, 4.69) is 6.92 Å². The lowest BCUT2D eigenvalue weighted by Gasteiger charge is -2.14. The average Bonchev–Trinajstić information content (AvgIpc) is 2.22. The third-order valence-corrected chi connectivity index (χ3v) is 3.16. The summed E-state index contributed by atoms with van der Waals surface area (Å²) in [5.74, 6) is 0. The zero-order valence-electron chi connectivity index (χ0n) is 9.46. The van der Waals surface area contributed by atoms with Crippen molar-refractivity contribution in [1.82, 2.24) is 0 Å². The highest BCUT2D eigenvalue weighted by Crippen LogP contribution is 2.27. The Bertz CT molecular complexity index is 309. The molecule has 0 spiro atoms. The Morgan fingerprint density at radius 3 is 2.73 bits per heavy atom. The Kier molecular flexibility index (Phi) is 5.13. The lowest BCUT2D eigenvalue weighted by atomic mass is 9.99. The molecule has 1 aromatic carbocycles. The molecular formula is C13H19ClO. The van der Waals surface area contributed by atoms with Gasteiger partial charge in [0.25, 0.3) is 0 Å². The number of rotatable bonds is 5. The van der Waals surface area contributed by atoms with E-state index < -0.39 is 0 Å². The van der Waals surface area contributed by atoms with Crippen LogP contribution in [-0.4, -0.2) is 5.11 Å². The number of unbranched alkanes of at least 4 members (excludes halogenated alkanes) is 2. The fourth-order valence-corrected chi connectivity index (χ4v) is 1.91. The molecule has 2 heteroatoms. The summed E-state index contributed by atoms with van der Waals surface area (Å²) in [4.78, 5) is 0. The van der Waals surface area contributed by atoms with Crippen molar-refractivity contribution in [1.29, 1.82) is 0 Å². The van der Waals surface area contributed by atoms with Crippen LogP contribution in [0.4, 0.5) is 0 Å². The van der Waals surface area contributed by atoms with Crippen molar-refractivity contribution in [2.75, 3.05) is 0 Å². The predicted octanol–water partition coefficient (Wildman–Crippen LogP) is 4.26. The Labute approximate surface area is 97.1 Å². The molecule has 84 valence electrons. The van der Waals surface area contributed by atoms with E-state index in [1.54, 1.807) is 0 Å². The maximum atomic E-state index is 9.99. The maximum absolute atomic E-state index is 9.99. The van der Waals surface area contributed by atoms with E-state index >= 15 is 0 Å². The number of benzene rings is 1. The molecule has 1 rings (SSSR count).